The van der Waals surface area contributed by atoms with E-state index >= 15 is 0 Å². The summed E-state index contributed by atoms with van der Waals surface area (Å²) in [5, 5.41) is 19.0. The van der Waals surface area contributed by atoms with Gasteiger partial charge >= 0.3 is 17.9 Å². The molecule has 6 nitrogen and oxygen atoms in total. The van der Waals surface area contributed by atoms with E-state index in [9.17, 15) is 24.6 Å². The first-order valence-corrected chi connectivity index (χ1v) is 9.61. The molecule has 1 aromatic carbocycles. The highest BCUT2D eigenvalue weighted by molar-refractivity contribution is 5.96. The van der Waals surface area contributed by atoms with Crippen molar-refractivity contribution in [1.29, 1.82) is 0 Å². The minimum Gasteiger partial charge on any atom is -0.478 e. The van der Waals surface area contributed by atoms with Gasteiger partial charge in [0, 0.05) is 17.1 Å². The van der Waals surface area contributed by atoms with Gasteiger partial charge in [0.25, 0.3) is 0 Å². The third-order valence-electron chi connectivity index (χ3n) is 4.55. The van der Waals surface area contributed by atoms with Gasteiger partial charge in [-0.2, -0.15) is 0 Å². The number of rotatable bonds is 11. The normalized spacial score (nSPS) is 13.5. The third-order valence-corrected chi connectivity index (χ3v) is 4.55. The van der Waals surface area contributed by atoms with Gasteiger partial charge in [-0.3, -0.25) is 0 Å². The molecule has 1 atom stereocenters. The van der Waals surface area contributed by atoms with Gasteiger partial charge in [0.15, 0.2) is 0 Å². The van der Waals surface area contributed by atoms with Crippen LogP contribution in [-0.4, -0.2) is 35.2 Å². The van der Waals surface area contributed by atoms with Crippen LogP contribution in [0.3, 0.4) is 0 Å². The standard InChI is InChI=1S/C24H28O6/c1-5-6-12-20(21(23(27)28)15-16(2)22(25)26)19(17(3)24(29)30-4)14-13-18-10-8-7-9-11-18/h7-11,13-15,19H,3,5-6,12H2,1-2,4H3,(H,25,26)(H,27,28). The van der Waals surface area contributed by atoms with Crippen molar-refractivity contribution in [2.75, 3.05) is 7.11 Å². The predicted molar refractivity (Wildman–Crippen MR) is 116 cm³/mol. The van der Waals surface area contributed by atoms with Gasteiger partial charge in [-0.25, -0.2) is 14.4 Å². The summed E-state index contributed by atoms with van der Waals surface area (Å²) in [7, 11) is 1.23. The van der Waals surface area contributed by atoms with E-state index in [2.05, 4.69) is 6.58 Å². The van der Waals surface area contributed by atoms with E-state index in [-0.39, 0.29) is 16.7 Å². The lowest BCUT2D eigenvalue weighted by molar-refractivity contribution is -0.137. The first kappa shape index (κ1) is 24.6. The molecule has 160 valence electrons. The molecule has 30 heavy (non-hydrogen) atoms. The van der Waals surface area contributed by atoms with Crippen LogP contribution < -0.4 is 0 Å². The number of carbonyl (C=O) groups is 3. The minimum absolute atomic E-state index is 0.0795. The summed E-state index contributed by atoms with van der Waals surface area (Å²) in [4.78, 5) is 35.5. The average molecular weight is 412 g/mol. The number of hydrogen-bond acceptors (Lipinski definition) is 4. The Morgan fingerprint density at radius 2 is 1.77 bits per heavy atom. The molecule has 0 aliphatic carbocycles. The van der Waals surface area contributed by atoms with Crippen molar-refractivity contribution in [2.24, 2.45) is 5.92 Å². The highest BCUT2D eigenvalue weighted by Crippen LogP contribution is 2.31. The number of carboxylic acid groups (broad SMARTS) is 2. The fourth-order valence-electron chi connectivity index (χ4n) is 2.87. The van der Waals surface area contributed by atoms with Gasteiger partial charge in [-0.05, 0) is 37.0 Å². The Labute approximate surface area is 176 Å². The second-order valence-corrected chi connectivity index (χ2v) is 6.74. The van der Waals surface area contributed by atoms with Crippen LogP contribution in [-0.2, 0) is 19.1 Å². The Morgan fingerprint density at radius 1 is 1.13 bits per heavy atom. The van der Waals surface area contributed by atoms with Gasteiger partial charge in [0.1, 0.15) is 0 Å². The van der Waals surface area contributed by atoms with E-state index < -0.39 is 23.8 Å². The van der Waals surface area contributed by atoms with E-state index in [0.717, 1.165) is 18.1 Å². The number of ether oxygens (including phenoxy) is 1. The maximum atomic E-state index is 12.2. The van der Waals surface area contributed by atoms with Crippen LogP contribution in [0, 0.1) is 5.92 Å². The molecule has 1 rings (SSSR count). The van der Waals surface area contributed by atoms with E-state index in [4.69, 9.17) is 4.74 Å². The van der Waals surface area contributed by atoms with Crippen molar-refractivity contribution >= 4 is 24.0 Å². The lowest BCUT2D eigenvalue weighted by atomic mass is 9.84. The first-order valence-electron chi connectivity index (χ1n) is 9.61. The van der Waals surface area contributed by atoms with E-state index in [0.29, 0.717) is 18.4 Å². The zero-order valence-corrected chi connectivity index (χ0v) is 17.6. The topological polar surface area (TPSA) is 101 Å². The van der Waals surface area contributed by atoms with Crippen molar-refractivity contribution in [2.45, 2.75) is 33.1 Å². The van der Waals surface area contributed by atoms with Gasteiger partial charge in [-0.1, -0.05) is 62.4 Å². The number of allylic oxidation sites excluding steroid dienone is 2. The van der Waals surface area contributed by atoms with Gasteiger partial charge < -0.3 is 14.9 Å². The Balaban J connectivity index is 3.69. The number of esters is 1. The first-order chi connectivity index (χ1) is 14.2. The SMILES string of the molecule is C=C(C(=O)OC)C(C=Cc1ccccc1)C(CCCC)=C(C=C(C)C(=O)O)C(=O)O. The third kappa shape index (κ3) is 7.20. The van der Waals surface area contributed by atoms with E-state index in [1.54, 1.807) is 12.2 Å². The van der Waals surface area contributed by atoms with Crippen LogP contribution in [0.25, 0.3) is 6.08 Å². The lowest BCUT2D eigenvalue weighted by Crippen LogP contribution is -2.18. The number of methoxy groups -OCH3 is 1. The van der Waals surface area contributed by atoms with Crippen LogP contribution in [0.15, 0.2) is 71.4 Å². The highest BCUT2D eigenvalue weighted by Gasteiger charge is 2.26. The average Bonchev–Trinajstić information content (AvgIpc) is 2.73. The smallest absolute Gasteiger partial charge is 0.335 e. The van der Waals surface area contributed by atoms with Crippen LogP contribution in [0.1, 0.15) is 38.7 Å². The zero-order chi connectivity index (χ0) is 22.7. The number of aliphatic carboxylic acids is 2. The molecule has 0 spiro atoms. The molecular formula is C24H28O6. The van der Waals surface area contributed by atoms with Gasteiger partial charge in [0.05, 0.1) is 12.7 Å². The molecule has 2 N–H and O–H groups in total. The molecule has 0 fully saturated rings. The summed E-state index contributed by atoms with van der Waals surface area (Å²) in [6.45, 7) is 7.12. The maximum absolute atomic E-state index is 12.2. The maximum Gasteiger partial charge on any atom is 0.335 e. The van der Waals surface area contributed by atoms with Gasteiger partial charge in [-0.15, -0.1) is 0 Å². The molecule has 0 saturated heterocycles. The summed E-state index contributed by atoms with van der Waals surface area (Å²) < 4.78 is 4.81. The van der Waals surface area contributed by atoms with Crippen molar-refractivity contribution in [1.82, 2.24) is 0 Å². The fourth-order valence-corrected chi connectivity index (χ4v) is 2.87. The number of carboxylic acids is 2. The van der Waals surface area contributed by atoms with E-state index in [1.807, 2.05) is 37.3 Å². The fraction of sp³-hybridized carbons (Fsp3) is 0.292. The second-order valence-electron chi connectivity index (χ2n) is 6.74. The van der Waals surface area contributed by atoms with Crippen LogP contribution in [0.2, 0.25) is 0 Å². The molecule has 1 aromatic rings. The quantitative estimate of drug-likeness (QED) is 0.312. The monoisotopic (exact) mass is 412 g/mol. The summed E-state index contributed by atoms with van der Waals surface area (Å²) >= 11 is 0. The Kier molecular flexibility index (Phi) is 10.0. The molecule has 0 saturated carbocycles. The summed E-state index contributed by atoms with van der Waals surface area (Å²) in [5.74, 6) is -3.90. The van der Waals surface area contributed by atoms with Crippen LogP contribution in [0.4, 0.5) is 0 Å². The van der Waals surface area contributed by atoms with Crippen molar-refractivity contribution in [3.05, 3.63) is 76.9 Å². The van der Waals surface area contributed by atoms with Crippen LogP contribution >= 0.6 is 0 Å². The molecule has 0 aromatic heterocycles. The number of hydrogen-bond donors (Lipinski definition) is 2. The number of benzene rings is 1. The van der Waals surface area contributed by atoms with Crippen molar-refractivity contribution < 1.29 is 29.3 Å². The predicted octanol–water partition coefficient (Wildman–Crippen LogP) is 4.65. The Hall–Kier alpha value is -3.41. The molecule has 6 heteroatoms. The van der Waals surface area contributed by atoms with Crippen molar-refractivity contribution in [3.8, 4) is 0 Å². The minimum atomic E-state index is -1.27. The molecule has 0 heterocycles. The Bertz CT molecular complexity index is 874. The molecule has 0 bridgehead atoms. The molecule has 0 aliphatic rings. The summed E-state index contributed by atoms with van der Waals surface area (Å²) in [6, 6.07) is 9.34. The van der Waals surface area contributed by atoms with Crippen molar-refractivity contribution in [3.63, 3.8) is 0 Å². The lowest BCUT2D eigenvalue weighted by Gasteiger charge is -2.21. The summed E-state index contributed by atoms with van der Waals surface area (Å²) in [5.41, 5.74) is 1.08. The molecule has 0 aliphatic heterocycles. The molecule has 1 unspecified atom stereocenters. The highest BCUT2D eigenvalue weighted by atomic mass is 16.5. The second kappa shape index (κ2) is 12.2. The number of carbonyl (C=O) groups excluding carboxylic acids is 1. The zero-order valence-electron chi connectivity index (χ0n) is 17.6. The van der Waals surface area contributed by atoms with Gasteiger partial charge in [0.2, 0.25) is 0 Å². The van der Waals surface area contributed by atoms with Crippen LogP contribution in [0.5, 0.6) is 0 Å². The molecular weight excluding hydrogens is 384 g/mol. The Morgan fingerprint density at radius 3 is 2.27 bits per heavy atom. The molecule has 0 amide bonds. The number of unbranched alkanes of at least 4 members (excludes halogenated alkanes) is 1. The molecule has 0 radical (unpaired) electrons. The van der Waals surface area contributed by atoms with E-state index in [1.165, 1.54) is 14.0 Å². The summed E-state index contributed by atoms with van der Waals surface area (Å²) in [6.07, 6.45) is 6.42. The largest absolute Gasteiger partial charge is 0.478 e.